The first-order chi connectivity index (χ1) is 15.3. The van der Waals surface area contributed by atoms with Crippen molar-refractivity contribution in [2.45, 2.75) is 90.9 Å². The number of hydrogen-bond acceptors (Lipinski definition) is 2. The summed E-state index contributed by atoms with van der Waals surface area (Å²) in [5.74, 6) is 0. The zero-order valence-electron chi connectivity index (χ0n) is 20.0. The topological polar surface area (TPSA) is 18.5 Å². The molecule has 0 amide bonds. The molecule has 0 bridgehead atoms. The third-order valence-corrected chi connectivity index (χ3v) is 9.32. The fraction of sp³-hybridized carbons (Fsp3) is 0.571. The maximum atomic E-state index is 6.77. The van der Waals surface area contributed by atoms with E-state index >= 15 is 0 Å². The first-order valence-corrected chi connectivity index (χ1v) is 14.5. The molecule has 3 heteroatoms. The van der Waals surface area contributed by atoms with Crippen LogP contribution in [-0.4, -0.2) is 21.8 Å². The lowest BCUT2D eigenvalue weighted by Crippen LogP contribution is -2.63. The molecule has 0 N–H and O–H groups in total. The summed E-state index contributed by atoms with van der Waals surface area (Å²) in [4.78, 5) is 0. The van der Waals surface area contributed by atoms with Crippen LogP contribution in [0.15, 0.2) is 60.7 Å². The molecule has 0 saturated heterocycles. The van der Waals surface area contributed by atoms with Gasteiger partial charge in [0, 0.05) is 13.2 Å². The van der Waals surface area contributed by atoms with Crippen molar-refractivity contribution in [1.29, 1.82) is 0 Å². The van der Waals surface area contributed by atoms with E-state index in [0.717, 1.165) is 26.1 Å². The molecule has 0 unspecified atom stereocenters. The second-order valence-electron chi connectivity index (χ2n) is 8.58. The molecule has 2 rings (SSSR count). The summed E-state index contributed by atoms with van der Waals surface area (Å²) >= 11 is 0. The van der Waals surface area contributed by atoms with Crippen molar-refractivity contribution in [1.82, 2.24) is 0 Å². The summed E-state index contributed by atoms with van der Waals surface area (Å²) in [5, 5.41) is 2.44. The summed E-state index contributed by atoms with van der Waals surface area (Å²) in [5.41, 5.74) is 0. The molecule has 0 aromatic heterocycles. The summed E-state index contributed by atoms with van der Waals surface area (Å²) in [7, 11) is -2.70. The molecule has 2 aromatic carbocycles. The van der Waals surface area contributed by atoms with Crippen molar-refractivity contribution in [3.05, 3.63) is 60.7 Å². The first kappa shape index (κ1) is 25.8. The Morgan fingerprint density at radius 3 is 1.23 bits per heavy atom. The summed E-state index contributed by atoms with van der Waals surface area (Å²) in [6.45, 7) is 6.09. The highest BCUT2D eigenvalue weighted by atomic mass is 28.4. The molecule has 172 valence electrons. The van der Waals surface area contributed by atoms with E-state index in [1.165, 1.54) is 74.6 Å². The maximum Gasteiger partial charge on any atom is 0.407 e. The Bertz CT molecular complexity index is 600. The van der Waals surface area contributed by atoms with Crippen LogP contribution in [0.25, 0.3) is 0 Å². The third-order valence-electron chi connectivity index (χ3n) is 5.91. The lowest BCUT2D eigenvalue weighted by molar-refractivity contribution is 0.184. The van der Waals surface area contributed by atoms with E-state index in [0.29, 0.717) is 0 Å². The van der Waals surface area contributed by atoms with Gasteiger partial charge in [-0.3, -0.25) is 0 Å². The molecule has 0 radical (unpaired) electrons. The fourth-order valence-electron chi connectivity index (χ4n) is 4.05. The van der Waals surface area contributed by atoms with Crippen molar-refractivity contribution < 1.29 is 8.85 Å². The summed E-state index contributed by atoms with van der Waals surface area (Å²) in [6.07, 6.45) is 15.3. The second-order valence-corrected chi connectivity index (χ2v) is 11.5. The van der Waals surface area contributed by atoms with Gasteiger partial charge < -0.3 is 8.85 Å². The average Bonchev–Trinajstić information content (AvgIpc) is 2.83. The Morgan fingerprint density at radius 1 is 0.484 bits per heavy atom. The highest BCUT2D eigenvalue weighted by Crippen LogP contribution is 2.14. The van der Waals surface area contributed by atoms with Gasteiger partial charge in [-0.05, 0) is 23.2 Å². The van der Waals surface area contributed by atoms with Gasteiger partial charge in [0.2, 0.25) is 0 Å². The van der Waals surface area contributed by atoms with E-state index in [-0.39, 0.29) is 0 Å². The van der Waals surface area contributed by atoms with E-state index in [2.05, 4.69) is 74.5 Å². The van der Waals surface area contributed by atoms with E-state index in [1.54, 1.807) is 0 Å². The molecule has 0 aliphatic rings. The van der Waals surface area contributed by atoms with Crippen LogP contribution in [0, 0.1) is 0 Å². The van der Waals surface area contributed by atoms with Gasteiger partial charge in [0.25, 0.3) is 0 Å². The van der Waals surface area contributed by atoms with E-state index < -0.39 is 8.56 Å². The standard InChI is InChI=1S/C28H44O2Si/c1-3-5-7-9-11-19-25-29-31(27-21-15-13-16-22-27,28-23-17-14-18-24-28)30-26-20-12-10-8-6-4-2/h13-18,21-24H,3-12,19-20,25-26H2,1-2H3. The van der Waals surface area contributed by atoms with Gasteiger partial charge in [0.05, 0.1) is 0 Å². The zero-order valence-corrected chi connectivity index (χ0v) is 21.0. The van der Waals surface area contributed by atoms with Crippen LogP contribution in [0.3, 0.4) is 0 Å². The fourth-order valence-corrected chi connectivity index (χ4v) is 7.26. The van der Waals surface area contributed by atoms with Crippen LogP contribution < -0.4 is 10.4 Å². The predicted octanol–water partition coefficient (Wildman–Crippen LogP) is 7.00. The van der Waals surface area contributed by atoms with Crippen molar-refractivity contribution in [3.8, 4) is 0 Å². The molecule has 2 nitrogen and oxygen atoms in total. The highest BCUT2D eigenvalue weighted by Gasteiger charge is 2.42. The molecule has 0 spiro atoms. The molecule has 0 aliphatic heterocycles. The Labute approximate surface area is 192 Å². The lowest BCUT2D eigenvalue weighted by atomic mass is 10.1. The minimum absolute atomic E-state index is 0.776. The summed E-state index contributed by atoms with van der Waals surface area (Å²) < 4.78 is 13.5. The average molecular weight is 441 g/mol. The maximum absolute atomic E-state index is 6.77. The second kappa shape index (κ2) is 16.2. The number of benzene rings is 2. The van der Waals surface area contributed by atoms with Crippen LogP contribution in [0.4, 0.5) is 0 Å². The quantitative estimate of drug-likeness (QED) is 0.183. The van der Waals surface area contributed by atoms with Crippen LogP contribution in [0.1, 0.15) is 90.9 Å². The van der Waals surface area contributed by atoms with Crippen molar-refractivity contribution in [2.75, 3.05) is 13.2 Å². The first-order valence-electron chi connectivity index (χ1n) is 12.7. The minimum atomic E-state index is -2.70. The predicted molar refractivity (Wildman–Crippen MR) is 137 cm³/mol. The molecular weight excluding hydrogens is 396 g/mol. The molecule has 0 saturated carbocycles. The smallest absolute Gasteiger partial charge is 0.388 e. The Hall–Kier alpha value is -1.42. The number of hydrogen-bond donors (Lipinski definition) is 0. The highest BCUT2D eigenvalue weighted by molar-refractivity contribution is 6.92. The Morgan fingerprint density at radius 2 is 0.839 bits per heavy atom. The van der Waals surface area contributed by atoms with E-state index in [4.69, 9.17) is 8.85 Å². The molecule has 2 aromatic rings. The van der Waals surface area contributed by atoms with Crippen molar-refractivity contribution >= 4 is 18.9 Å². The van der Waals surface area contributed by atoms with Crippen LogP contribution in [0.5, 0.6) is 0 Å². The van der Waals surface area contributed by atoms with Gasteiger partial charge in [-0.1, -0.05) is 139 Å². The third kappa shape index (κ3) is 9.30. The Balaban J connectivity index is 2.06. The van der Waals surface area contributed by atoms with Gasteiger partial charge in [0.1, 0.15) is 0 Å². The summed E-state index contributed by atoms with van der Waals surface area (Å²) in [6, 6.07) is 21.4. The molecular formula is C28H44O2Si. The van der Waals surface area contributed by atoms with Gasteiger partial charge in [-0.25, -0.2) is 0 Å². The normalized spacial score (nSPS) is 11.7. The number of rotatable bonds is 18. The molecule has 0 heterocycles. The van der Waals surface area contributed by atoms with Crippen LogP contribution >= 0.6 is 0 Å². The van der Waals surface area contributed by atoms with Gasteiger partial charge in [-0.2, -0.15) is 0 Å². The minimum Gasteiger partial charge on any atom is -0.388 e. The molecule has 0 aliphatic carbocycles. The SMILES string of the molecule is CCCCCCCCO[Si](OCCCCCCCC)(c1ccccc1)c1ccccc1. The molecule has 31 heavy (non-hydrogen) atoms. The van der Waals surface area contributed by atoms with Crippen LogP contribution in [-0.2, 0) is 8.85 Å². The largest absolute Gasteiger partial charge is 0.407 e. The number of unbranched alkanes of at least 4 members (excludes halogenated alkanes) is 10. The van der Waals surface area contributed by atoms with Crippen LogP contribution in [0.2, 0.25) is 0 Å². The van der Waals surface area contributed by atoms with Gasteiger partial charge in [0.15, 0.2) is 0 Å². The molecule has 0 atom stereocenters. The lowest BCUT2D eigenvalue weighted by Gasteiger charge is -2.31. The van der Waals surface area contributed by atoms with Crippen molar-refractivity contribution in [3.63, 3.8) is 0 Å². The van der Waals surface area contributed by atoms with Crippen molar-refractivity contribution in [2.24, 2.45) is 0 Å². The zero-order chi connectivity index (χ0) is 22.0. The van der Waals surface area contributed by atoms with Gasteiger partial charge >= 0.3 is 8.56 Å². The van der Waals surface area contributed by atoms with E-state index in [1.807, 2.05) is 0 Å². The Kier molecular flexibility index (Phi) is 13.5. The van der Waals surface area contributed by atoms with E-state index in [9.17, 15) is 0 Å². The van der Waals surface area contributed by atoms with Gasteiger partial charge in [-0.15, -0.1) is 0 Å². The molecule has 0 fully saturated rings. The monoisotopic (exact) mass is 440 g/mol.